The van der Waals surface area contributed by atoms with Gasteiger partial charge in [0.25, 0.3) is 0 Å². The Labute approximate surface area is 190 Å². The second-order valence-electron chi connectivity index (χ2n) is 8.76. The molecule has 0 atom stereocenters. The van der Waals surface area contributed by atoms with Gasteiger partial charge in [0.2, 0.25) is 0 Å². The molecule has 2 N–H and O–H groups in total. The van der Waals surface area contributed by atoms with E-state index in [0.717, 1.165) is 35.3 Å². The molecule has 1 aliphatic rings. The minimum Gasteiger partial charge on any atom is -0.484 e. The highest BCUT2D eigenvalue weighted by atomic mass is 16.5. The van der Waals surface area contributed by atoms with E-state index in [4.69, 9.17) is 4.74 Å². The molecule has 0 spiro atoms. The van der Waals surface area contributed by atoms with Crippen molar-refractivity contribution in [1.82, 2.24) is 29.4 Å². The van der Waals surface area contributed by atoms with Gasteiger partial charge in [0.1, 0.15) is 29.7 Å². The Morgan fingerprint density at radius 2 is 2.03 bits per heavy atom. The lowest BCUT2D eigenvalue weighted by Gasteiger charge is -2.13. The van der Waals surface area contributed by atoms with Gasteiger partial charge in [0.05, 0.1) is 11.7 Å². The number of aryl methyl sites for hydroxylation is 3. The van der Waals surface area contributed by atoms with E-state index in [1.807, 2.05) is 51.4 Å². The van der Waals surface area contributed by atoms with Gasteiger partial charge in [-0.3, -0.25) is 4.68 Å². The van der Waals surface area contributed by atoms with Gasteiger partial charge >= 0.3 is 0 Å². The summed E-state index contributed by atoms with van der Waals surface area (Å²) < 4.78 is 9.60. The number of hydrogen-bond donors (Lipinski definition) is 2. The van der Waals surface area contributed by atoms with Crippen molar-refractivity contribution in [2.45, 2.75) is 33.6 Å². The van der Waals surface area contributed by atoms with Crippen molar-refractivity contribution in [3.8, 4) is 17.0 Å². The highest BCUT2D eigenvalue weighted by Crippen LogP contribution is 2.46. The lowest BCUT2D eigenvalue weighted by Crippen LogP contribution is -2.21. The fourth-order valence-electron chi connectivity index (χ4n) is 3.91. The van der Waals surface area contributed by atoms with Crippen molar-refractivity contribution in [3.05, 3.63) is 48.2 Å². The lowest BCUT2D eigenvalue weighted by molar-refractivity contribution is 0.300. The standard InChI is InChI=1S/C23H26N8O2/c1-14-9-20(26-15(2)25-14)27-21-11-17-10-16(5-8-31(17)28-21)22-18(12-24-30(22)4)33-13-19(29-32)23(3)6-7-23/h5,8-12,32H,6-7,13H2,1-4H3,(H,25,26,27,28)/b29-19+. The summed E-state index contributed by atoms with van der Waals surface area (Å²) in [6.07, 6.45) is 5.61. The molecule has 4 aromatic rings. The molecule has 1 fully saturated rings. The summed E-state index contributed by atoms with van der Waals surface area (Å²) in [4.78, 5) is 8.72. The van der Waals surface area contributed by atoms with Crippen LogP contribution in [0.5, 0.6) is 5.75 Å². The van der Waals surface area contributed by atoms with Crippen molar-refractivity contribution in [1.29, 1.82) is 0 Å². The molecule has 170 valence electrons. The second kappa shape index (κ2) is 7.88. The Morgan fingerprint density at radius 1 is 1.21 bits per heavy atom. The number of hydrogen-bond acceptors (Lipinski definition) is 8. The molecular weight excluding hydrogens is 420 g/mol. The summed E-state index contributed by atoms with van der Waals surface area (Å²) in [5.41, 5.74) is 4.19. The van der Waals surface area contributed by atoms with Crippen molar-refractivity contribution < 1.29 is 9.94 Å². The van der Waals surface area contributed by atoms with Crippen LogP contribution in [0.25, 0.3) is 16.8 Å². The summed E-state index contributed by atoms with van der Waals surface area (Å²) in [6.45, 7) is 6.11. The maximum atomic E-state index is 9.39. The van der Waals surface area contributed by atoms with E-state index >= 15 is 0 Å². The highest BCUT2D eigenvalue weighted by Gasteiger charge is 2.43. The van der Waals surface area contributed by atoms with Gasteiger partial charge in [-0.15, -0.1) is 0 Å². The first kappa shape index (κ1) is 20.9. The fraction of sp³-hybridized carbons (Fsp3) is 0.348. The number of anilines is 2. The minimum absolute atomic E-state index is 0.0578. The molecule has 0 aromatic carbocycles. The molecule has 4 aromatic heterocycles. The summed E-state index contributed by atoms with van der Waals surface area (Å²) in [5, 5.41) is 25.1. The van der Waals surface area contributed by atoms with Crippen LogP contribution in [0.4, 0.5) is 11.6 Å². The van der Waals surface area contributed by atoms with Crippen LogP contribution in [0.1, 0.15) is 31.3 Å². The topological polar surface area (TPSA) is 115 Å². The fourth-order valence-corrected chi connectivity index (χ4v) is 3.91. The van der Waals surface area contributed by atoms with Crippen molar-refractivity contribution in [2.24, 2.45) is 17.6 Å². The first-order valence-electron chi connectivity index (χ1n) is 10.8. The maximum absolute atomic E-state index is 9.39. The molecule has 5 rings (SSSR count). The largest absolute Gasteiger partial charge is 0.484 e. The molecule has 10 heteroatoms. The Balaban J connectivity index is 1.40. The maximum Gasteiger partial charge on any atom is 0.165 e. The summed E-state index contributed by atoms with van der Waals surface area (Å²) >= 11 is 0. The Hall–Kier alpha value is -3.95. The third-order valence-corrected chi connectivity index (χ3v) is 6.05. The third kappa shape index (κ3) is 4.11. The molecule has 33 heavy (non-hydrogen) atoms. The van der Waals surface area contributed by atoms with Gasteiger partial charge in [-0.05, 0) is 38.8 Å². The zero-order valence-corrected chi connectivity index (χ0v) is 19.1. The number of aromatic nitrogens is 6. The molecule has 4 heterocycles. The number of pyridine rings is 1. The number of nitrogens with zero attached hydrogens (tertiary/aromatic N) is 7. The summed E-state index contributed by atoms with van der Waals surface area (Å²) in [7, 11) is 1.87. The van der Waals surface area contributed by atoms with Crippen LogP contribution in [0.3, 0.4) is 0 Å². The van der Waals surface area contributed by atoms with Crippen LogP contribution in [-0.2, 0) is 7.05 Å². The van der Waals surface area contributed by atoms with Gasteiger partial charge in [-0.2, -0.15) is 10.2 Å². The normalized spacial score (nSPS) is 15.1. The molecule has 1 saturated carbocycles. The Morgan fingerprint density at radius 3 is 2.76 bits per heavy atom. The van der Waals surface area contributed by atoms with Crippen molar-refractivity contribution in [3.63, 3.8) is 0 Å². The average molecular weight is 447 g/mol. The molecule has 0 radical (unpaired) electrons. The predicted molar refractivity (Wildman–Crippen MR) is 124 cm³/mol. The van der Waals surface area contributed by atoms with Gasteiger partial charge in [-0.1, -0.05) is 12.1 Å². The van der Waals surface area contributed by atoms with Gasteiger partial charge in [0.15, 0.2) is 11.6 Å². The molecule has 0 bridgehead atoms. The smallest absolute Gasteiger partial charge is 0.165 e. The average Bonchev–Trinajstić information content (AvgIpc) is 3.21. The number of fused-ring (bicyclic) bond motifs is 1. The van der Waals surface area contributed by atoms with Crippen molar-refractivity contribution in [2.75, 3.05) is 11.9 Å². The van der Waals surface area contributed by atoms with Crippen LogP contribution in [0, 0.1) is 19.3 Å². The Bertz CT molecular complexity index is 1350. The molecule has 10 nitrogen and oxygen atoms in total. The second-order valence-corrected chi connectivity index (χ2v) is 8.76. The third-order valence-electron chi connectivity index (χ3n) is 6.05. The molecular formula is C23H26N8O2. The van der Waals surface area contributed by atoms with Crippen molar-refractivity contribution >= 4 is 22.9 Å². The van der Waals surface area contributed by atoms with E-state index in [2.05, 4.69) is 37.6 Å². The summed E-state index contributed by atoms with van der Waals surface area (Å²) in [5.74, 6) is 2.73. The van der Waals surface area contributed by atoms with Gasteiger partial charge in [-0.25, -0.2) is 14.5 Å². The zero-order chi connectivity index (χ0) is 23.2. The lowest BCUT2D eigenvalue weighted by atomic mass is 10.0. The zero-order valence-electron chi connectivity index (χ0n) is 19.1. The summed E-state index contributed by atoms with van der Waals surface area (Å²) in [6, 6.07) is 7.84. The number of nitrogens with one attached hydrogen (secondary N) is 1. The van der Waals surface area contributed by atoms with E-state index in [0.29, 0.717) is 28.9 Å². The SMILES string of the molecule is Cc1cc(Nc2cc3cc(-c4c(OC/C(=N\O)C5(C)CC5)cnn4C)ccn3n2)nc(C)n1. The molecule has 0 aliphatic heterocycles. The number of rotatable bonds is 7. The van der Waals surface area contributed by atoms with E-state index < -0.39 is 0 Å². The van der Waals surface area contributed by atoms with Crippen LogP contribution in [-0.4, -0.2) is 46.9 Å². The van der Waals surface area contributed by atoms with Crippen LogP contribution in [0.2, 0.25) is 0 Å². The van der Waals surface area contributed by atoms with Gasteiger partial charge in [0, 0.05) is 42.0 Å². The number of ether oxygens (including phenoxy) is 1. The van der Waals surface area contributed by atoms with E-state index in [9.17, 15) is 5.21 Å². The Kier molecular flexibility index (Phi) is 4.99. The monoisotopic (exact) mass is 446 g/mol. The van der Waals surface area contributed by atoms with Crippen LogP contribution < -0.4 is 10.1 Å². The molecule has 1 aliphatic carbocycles. The molecule has 0 unspecified atom stereocenters. The number of oxime groups is 1. The first-order valence-corrected chi connectivity index (χ1v) is 10.8. The predicted octanol–water partition coefficient (Wildman–Crippen LogP) is 3.89. The van der Waals surface area contributed by atoms with Crippen LogP contribution in [0.15, 0.2) is 41.8 Å². The highest BCUT2D eigenvalue weighted by molar-refractivity contribution is 5.93. The quantitative estimate of drug-likeness (QED) is 0.251. The molecule has 0 saturated heterocycles. The minimum atomic E-state index is -0.0578. The first-order chi connectivity index (χ1) is 15.8. The molecule has 0 amide bonds. The van der Waals surface area contributed by atoms with Gasteiger partial charge < -0.3 is 15.3 Å². The van der Waals surface area contributed by atoms with E-state index in [1.54, 1.807) is 15.4 Å². The van der Waals surface area contributed by atoms with E-state index in [1.165, 1.54) is 0 Å². The van der Waals surface area contributed by atoms with Crippen LogP contribution >= 0.6 is 0 Å². The van der Waals surface area contributed by atoms with E-state index in [-0.39, 0.29) is 12.0 Å².